The van der Waals surface area contributed by atoms with Crippen molar-refractivity contribution in [2.75, 3.05) is 13.1 Å². The molecule has 2 N–H and O–H groups in total. The number of carbonyl (C=O) groups excluding carboxylic acids is 1. The first-order chi connectivity index (χ1) is 12.8. The highest BCUT2D eigenvalue weighted by Gasteiger charge is 2.49. The van der Waals surface area contributed by atoms with E-state index >= 15 is 0 Å². The van der Waals surface area contributed by atoms with Crippen LogP contribution in [-0.4, -0.2) is 29.1 Å². The maximum Gasteiger partial charge on any atom is 0.318 e. The zero-order valence-corrected chi connectivity index (χ0v) is 15.1. The van der Waals surface area contributed by atoms with Gasteiger partial charge in [-0.05, 0) is 55.5 Å². The van der Waals surface area contributed by atoms with Crippen molar-refractivity contribution < 1.29 is 18.7 Å². The van der Waals surface area contributed by atoms with Crippen molar-refractivity contribution in [3.05, 3.63) is 70.8 Å². The van der Waals surface area contributed by atoms with Crippen LogP contribution in [-0.2, 0) is 11.1 Å². The van der Waals surface area contributed by atoms with E-state index in [1.807, 2.05) is 31.2 Å². The number of rotatable bonds is 3. The summed E-state index contributed by atoms with van der Waals surface area (Å²) < 4.78 is 27.7. The van der Waals surface area contributed by atoms with Crippen LogP contribution in [0.1, 0.15) is 36.0 Å². The molecule has 0 spiro atoms. The van der Waals surface area contributed by atoms with Gasteiger partial charge < -0.3 is 15.3 Å². The molecule has 1 aliphatic heterocycles. The van der Waals surface area contributed by atoms with Gasteiger partial charge >= 0.3 is 6.03 Å². The number of amides is 2. The molecule has 2 aromatic carbocycles. The van der Waals surface area contributed by atoms with Crippen LogP contribution in [0.4, 0.5) is 13.6 Å². The molecule has 6 heteroatoms. The summed E-state index contributed by atoms with van der Waals surface area (Å²) >= 11 is 0. The number of aliphatic hydroxyl groups is 1. The van der Waals surface area contributed by atoms with Gasteiger partial charge in [-0.1, -0.05) is 24.3 Å². The van der Waals surface area contributed by atoms with Gasteiger partial charge in [0, 0.05) is 12.1 Å². The van der Waals surface area contributed by atoms with E-state index in [0.29, 0.717) is 25.8 Å². The van der Waals surface area contributed by atoms with Gasteiger partial charge in [0.25, 0.3) is 0 Å². The Morgan fingerprint density at radius 2 is 1.85 bits per heavy atom. The topological polar surface area (TPSA) is 52.6 Å². The number of halogens is 2. The van der Waals surface area contributed by atoms with E-state index in [9.17, 15) is 18.7 Å². The van der Waals surface area contributed by atoms with E-state index < -0.39 is 22.8 Å². The molecule has 2 amide bonds. The monoisotopic (exact) mass is 372 g/mol. The van der Waals surface area contributed by atoms with Crippen molar-refractivity contribution in [3.63, 3.8) is 0 Å². The van der Waals surface area contributed by atoms with Gasteiger partial charge in [0.15, 0.2) is 0 Å². The summed E-state index contributed by atoms with van der Waals surface area (Å²) in [5, 5.41) is 13.9. The molecule has 4 nitrogen and oxygen atoms in total. The second-order valence-corrected chi connectivity index (χ2v) is 7.65. The molecule has 2 fully saturated rings. The molecule has 1 saturated carbocycles. The second-order valence-electron chi connectivity index (χ2n) is 7.65. The van der Waals surface area contributed by atoms with Crippen LogP contribution in [0.25, 0.3) is 0 Å². The van der Waals surface area contributed by atoms with Crippen molar-refractivity contribution in [2.24, 2.45) is 0 Å². The Bertz CT molecular complexity index is 898. The Kier molecular flexibility index (Phi) is 4.18. The summed E-state index contributed by atoms with van der Waals surface area (Å²) in [5.74, 6) is -1.05. The second kappa shape index (κ2) is 6.30. The summed E-state index contributed by atoms with van der Waals surface area (Å²) in [5.41, 5.74) is 0.0282. The standard InChI is InChI=1S/C21H22F2N2O2/c1-14-4-2-3-5-16(14)21(27)10-11-25(13-21)19(26)24-20(8-9-20)17-12-15(22)6-7-18(17)23/h2-7,12,27H,8-11,13H2,1H3,(H,24,26)/t21-/m1/s1. The highest BCUT2D eigenvalue weighted by molar-refractivity contribution is 5.76. The zero-order chi connectivity index (χ0) is 19.2. The maximum absolute atomic E-state index is 14.2. The van der Waals surface area contributed by atoms with Gasteiger partial charge in [-0.25, -0.2) is 13.6 Å². The van der Waals surface area contributed by atoms with Crippen LogP contribution >= 0.6 is 0 Å². The number of β-amino-alcohol motifs (C(OH)–C–C–N with tert-alkyl or cyclic N) is 1. The molecule has 0 aromatic heterocycles. The highest BCUT2D eigenvalue weighted by Crippen LogP contribution is 2.47. The average molecular weight is 372 g/mol. The fraction of sp³-hybridized carbons (Fsp3) is 0.381. The summed E-state index contributed by atoms with van der Waals surface area (Å²) in [4.78, 5) is 14.3. The lowest BCUT2D eigenvalue weighted by Crippen LogP contribution is -2.45. The normalized spacial score (nSPS) is 23.3. The van der Waals surface area contributed by atoms with Gasteiger partial charge in [0.2, 0.25) is 0 Å². The molecular weight excluding hydrogens is 350 g/mol. The van der Waals surface area contributed by atoms with Gasteiger partial charge in [-0.2, -0.15) is 0 Å². The van der Waals surface area contributed by atoms with E-state index in [4.69, 9.17) is 0 Å². The largest absolute Gasteiger partial charge is 0.383 e. The third kappa shape index (κ3) is 3.18. The predicted octanol–water partition coefficient (Wildman–Crippen LogP) is 3.57. The lowest BCUT2D eigenvalue weighted by atomic mass is 9.89. The number of aryl methyl sites for hydroxylation is 1. The van der Waals surface area contributed by atoms with Crippen molar-refractivity contribution in [1.29, 1.82) is 0 Å². The SMILES string of the molecule is Cc1ccccc1[C@@]1(O)CCN(C(=O)NC2(c3cc(F)ccc3F)CC2)C1. The molecule has 0 radical (unpaired) electrons. The molecular formula is C21H22F2N2O2. The van der Waals surface area contributed by atoms with E-state index in [2.05, 4.69) is 5.32 Å². The molecule has 27 heavy (non-hydrogen) atoms. The molecule has 1 aliphatic carbocycles. The molecule has 2 aromatic rings. The Morgan fingerprint density at radius 3 is 2.56 bits per heavy atom. The number of benzene rings is 2. The third-order valence-electron chi connectivity index (χ3n) is 5.72. The minimum absolute atomic E-state index is 0.172. The fourth-order valence-corrected chi connectivity index (χ4v) is 4.02. The maximum atomic E-state index is 14.2. The van der Waals surface area contributed by atoms with Crippen LogP contribution in [0, 0.1) is 18.6 Å². The molecule has 0 bridgehead atoms. The smallest absolute Gasteiger partial charge is 0.318 e. The lowest BCUT2D eigenvalue weighted by molar-refractivity contribution is 0.0485. The number of likely N-dealkylation sites (tertiary alicyclic amines) is 1. The number of nitrogens with one attached hydrogen (secondary N) is 1. The first-order valence-electron chi connectivity index (χ1n) is 9.14. The quantitative estimate of drug-likeness (QED) is 0.866. The summed E-state index contributed by atoms with van der Waals surface area (Å²) in [7, 11) is 0. The van der Waals surface area contributed by atoms with Crippen molar-refractivity contribution in [1.82, 2.24) is 10.2 Å². The minimum Gasteiger partial charge on any atom is -0.383 e. The predicted molar refractivity (Wildman–Crippen MR) is 97.1 cm³/mol. The van der Waals surface area contributed by atoms with E-state index in [1.165, 1.54) is 0 Å². The van der Waals surface area contributed by atoms with Crippen molar-refractivity contribution in [2.45, 2.75) is 37.3 Å². The molecule has 0 unspecified atom stereocenters. The molecule has 2 aliphatic rings. The third-order valence-corrected chi connectivity index (χ3v) is 5.72. The first-order valence-corrected chi connectivity index (χ1v) is 9.14. The average Bonchev–Trinajstić information content (AvgIpc) is 3.30. The van der Waals surface area contributed by atoms with Crippen molar-refractivity contribution >= 4 is 6.03 Å². The van der Waals surface area contributed by atoms with Crippen LogP contribution in [0.3, 0.4) is 0 Å². The Morgan fingerprint density at radius 1 is 1.11 bits per heavy atom. The number of nitrogens with zero attached hydrogens (tertiary/aromatic N) is 1. The van der Waals surface area contributed by atoms with Crippen LogP contribution in [0.2, 0.25) is 0 Å². The Hall–Kier alpha value is -2.47. The molecule has 1 saturated heterocycles. The van der Waals surface area contributed by atoms with Gasteiger partial charge in [0.05, 0.1) is 12.1 Å². The molecule has 4 rings (SSSR count). The van der Waals surface area contributed by atoms with Crippen LogP contribution in [0.5, 0.6) is 0 Å². The first kappa shape index (κ1) is 17.9. The van der Waals surface area contributed by atoms with Crippen LogP contribution < -0.4 is 5.32 Å². The zero-order valence-electron chi connectivity index (χ0n) is 15.1. The van der Waals surface area contributed by atoms with Crippen LogP contribution in [0.15, 0.2) is 42.5 Å². The van der Waals surface area contributed by atoms with E-state index in [1.54, 1.807) is 4.90 Å². The summed E-state index contributed by atoms with van der Waals surface area (Å²) in [6, 6.07) is 10.5. The number of carbonyl (C=O) groups is 1. The van der Waals surface area contributed by atoms with Crippen molar-refractivity contribution in [3.8, 4) is 0 Å². The molecule has 142 valence electrons. The fourth-order valence-electron chi connectivity index (χ4n) is 4.02. The summed E-state index contributed by atoms with van der Waals surface area (Å²) in [6.45, 7) is 2.51. The van der Waals surface area contributed by atoms with E-state index in [-0.39, 0.29) is 18.1 Å². The number of hydrogen-bond acceptors (Lipinski definition) is 2. The molecule has 1 atom stereocenters. The summed E-state index contributed by atoms with van der Waals surface area (Å²) in [6.07, 6.45) is 1.57. The lowest BCUT2D eigenvalue weighted by Gasteiger charge is -2.27. The van der Waals surface area contributed by atoms with E-state index in [0.717, 1.165) is 29.3 Å². The number of urea groups is 1. The Labute approximate surface area is 156 Å². The Balaban J connectivity index is 1.50. The van der Waals surface area contributed by atoms with Gasteiger partial charge in [-0.15, -0.1) is 0 Å². The number of hydrogen-bond donors (Lipinski definition) is 2. The molecule has 1 heterocycles. The minimum atomic E-state index is -1.09. The van der Waals surface area contributed by atoms with Gasteiger partial charge in [0.1, 0.15) is 17.2 Å². The highest BCUT2D eigenvalue weighted by atomic mass is 19.1. The van der Waals surface area contributed by atoms with Gasteiger partial charge in [-0.3, -0.25) is 0 Å².